The molecule has 0 radical (unpaired) electrons. The number of imidazole rings is 1. The molecular weight excluding hydrogens is 264 g/mol. The standard InChI is InChI=1S/C17H22N2O2/c1-11-8-12(2)16(13(3)9-11)15(20)10-18-6-7-19(17(18)21)14-4-5-14/h6-9,14-15,20H,4-5,10H2,1-3H3. The second kappa shape index (κ2) is 5.19. The number of rotatable bonds is 4. The zero-order valence-corrected chi connectivity index (χ0v) is 12.8. The summed E-state index contributed by atoms with van der Waals surface area (Å²) in [5, 5.41) is 10.5. The molecule has 1 atom stereocenters. The number of benzene rings is 1. The van der Waals surface area contributed by atoms with Gasteiger partial charge in [0.1, 0.15) is 0 Å². The molecular formula is C17H22N2O2. The van der Waals surface area contributed by atoms with Crippen molar-refractivity contribution in [1.82, 2.24) is 9.13 Å². The van der Waals surface area contributed by atoms with Crippen molar-refractivity contribution in [2.75, 3.05) is 0 Å². The first-order valence-electron chi connectivity index (χ1n) is 7.50. The summed E-state index contributed by atoms with van der Waals surface area (Å²) in [4.78, 5) is 12.3. The van der Waals surface area contributed by atoms with Crippen molar-refractivity contribution in [2.45, 2.75) is 52.3 Å². The monoisotopic (exact) mass is 286 g/mol. The molecule has 1 heterocycles. The molecule has 4 nitrogen and oxygen atoms in total. The molecule has 1 unspecified atom stereocenters. The minimum absolute atomic E-state index is 0.0148. The van der Waals surface area contributed by atoms with Gasteiger partial charge in [0.2, 0.25) is 0 Å². The fourth-order valence-corrected chi connectivity index (χ4v) is 3.19. The van der Waals surface area contributed by atoms with Crippen LogP contribution in [-0.4, -0.2) is 14.2 Å². The van der Waals surface area contributed by atoms with Crippen molar-refractivity contribution in [2.24, 2.45) is 0 Å². The molecule has 0 bridgehead atoms. The summed E-state index contributed by atoms with van der Waals surface area (Å²) in [6, 6.07) is 4.52. The molecule has 0 spiro atoms. The van der Waals surface area contributed by atoms with Crippen LogP contribution in [0.4, 0.5) is 0 Å². The molecule has 0 amide bonds. The van der Waals surface area contributed by atoms with E-state index < -0.39 is 6.10 Å². The van der Waals surface area contributed by atoms with Crippen LogP contribution in [0.25, 0.3) is 0 Å². The van der Waals surface area contributed by atoms with Crippen molar-refractivity contribution in [1.29, 1.82) is 0 Å². The SMILES string of the molecule is Cc1cc(C)c(C(O)Cn2ccn(C3CC3)c2=O)c(C)c1. The minimum Gasteiger partial charge on any atom is -0.387 e. The average molecular weight is 286 g/mol. The van der Waals surface area contributed by atoms with Crippen LogP contribution in [0.5, 0.6) is 0 Å². The summed E-state index contributed by atoms with van der Waals surface area (Å²) in [5.41, 5.74) is 4.27. The highest BCUT2D eigenvalue weighted by molar-refractivity contribution is 5.38. The van der Waals surface area contributed by atoms with Crippen LogP contribution in [0.15, 0.2) is 29.3 Å². The van der Waals surface area contributed by atoms with Crippen molar-refractivity contribution in [3.8, 4) is 0 Å². The molecule has 112 valence electrons. The highest BCUT2D eigenvalue weighted by Gasteiger charge is 2.26. The second-order valence-corrected chi connectivity index (χ2v) is 6.20. The van der Waals surface area contributed by atoms with Gasteiger partial charge in [-0.1, -0.05) is 17.7 Å². The van der Waals surface area contributed by atoms with E-state index in [0.717, 1.165) is 29.5 Å². The molecule has 0 saturated heterocycles. The van der Waals surface area contributed by atoms with E-state index in [4.69, 9.17) is 0 Å². The van der Waals surface area contributed by atoms with Crippen LogP contribution < -0.4 is 5.69 Å². The summed E-state index contributed by atoms with van der Waals surface area (Å²) in [5.74, 6) is 0. The Morgan fingerprint density at radius 2 is 1.81 bits per heavy atom. The number of aliphatic hydroxyl groups is 1. The number of aryl methyl sites for hydroxylation is 3. The van der Waals surface area contributed by atoms with Gasteiger partial charge < -0.3 is 5.11 Å². The van der Waals surface area contributed by atoms with Gasteiger partial charge in [-0.05, 0) is 50.3 Å². The van der Waals surface area contributed by atoms with E-state index >= 15 is 0 Å². The summed E-state index contributed by atoms with van der Waals surface area (Å²) in [6.45, 7) is 6.38. The highest BCUT2D eigenvalue weighted by atomic mass is 16.3. The van der Waals surface area contributed by atoms with Crippen molar-refractivity contribution in [3.05, 3.63) is 57.3 Å². The lowest BCUT2D eigenvalue weighted by atomic mass is 9.95. The predicted octanol–water partition coefficient (Wildman–Crippen LogP) is 2.64. The van der Waals surface area contributed by atoms with Crippen LogP contribution in [0, 0.1) is 20.8 Å². The van der Waals surface area contributed by atoms with Gasteiger partial charge in [0.05, 0.1) is 12.6 Å². The summed E-state index contributed by atoms with van der Waals surface area (Å²) >= 11 is 0. The first kappa shape index (κ1) is 14.1. The van der Waals surface area contributed by atoms with E-state index in [1.54, 1.807) is 15.3 Å². The summed E-state index contributed by atoms with van der Waals surface area (Å²) < 4.78 is 3.39. The lowest BCUT2D eigenvalue weighted by Gasteiger charge is -2.17. The molecule has 1 aromatic carbocycles. The summed E-state index contributed by atoms with van der Waals surface area (Å²) in [7, 11) is 0. The van der Waals surface area contributed by atoms with E-state index in [0.29, 0.717) is 12.6 Å². The van der Waals surface area contributed by atoms with Gasteiger partial charge in [0.25, 0.3) is 0 Å². The van der Waals surface area contributed by atoms with Gasteiger partial charge in [0, 0.05) is 18.4 Å². The quantitative estimate of drug-likeness (QED) is 0.939. The molecule has 0 aliphatic heterocycles. The van der Waals surface area contributed by atoms with Gasteiger partial charge in [-0.25, -0.2) is 4.79 Å². The Morgan fingerprint density at radius 3 is 2.38 bits per heavy atom. The lowest BCUT2D eigenvalue weighted by Crippen LogP contribution is -2.26. The van der Waals surface area contributed by atoms with Gasteiger partial charge in [-0.15, -0.1) is 0 Å². The van der Waals surface area contributed by atoms with Crippen LogP contribution in [0.1, 0.15) is 47.2 Å². The molecule has 1 saturated carbocycles. The molecule has 21 heavy (non-hydrogen) atoms. The maximum absolute atomic E-state index is 12.3. The first-order valence-corrected chi connectivity index (χ1v) is 7.50. The zero-order chi connectivity index (χ0) is 15.1. The van der Waals surface area contributed by atoms with Crippen molar-refractivity contribution >= 4 is 0 Å². The Morgan fingerprint density at radius 1 is 1.19 bits per heavy atom. The molecule has 4 heteroatoms. The Balaban J connectivity index is 1.87. The fraction of sp³-hybridized carbons (Fsp3) is 0.471. The maximum atomic E-state index is 12.3. The molecule has 1 aliphatic carbocycles. The maximum Gasteiger partial charge on any atom is 0.328 e. The third-order valence-corrected chi connectivity index (χ3v) is 4.25. The fourth-order valence-electron chi connectivity index (χ4n) is 3.19. The van der Waals surface area contributed by atoms with Crippen LogP contribution >= 0.6 is 0 Å². The van der Waals surface area contributed by atoms with Crippen LogP contribution in [-0.2, 0) is 6.54 Å². The molecule has 1 N–H and O–H groups in total. The van der Waals surface area contributed by atoms with Gasteiger partial charge in [-0.2, -0.15) is 0 Å². The normalized spacial score (nSPS) is 16.2. The number of aliphatic hydroxyl groups excluding tert-OH is 1. The van der Waals surface area contributed by atoms with Crippen LogP contribution in [0.3, 0.4) is 0 Å². The Bertz CT molecular complexity index is 700. The molecule has 2 aromatic rings. The van der Waals surface area contributed by atoms with Crippen LogP contribution in [0.2, 0.25) is 0 Å². The smallest absolute Gasteiger partial charge is 0.328 e. The summed E-state index contributed by atoms with van der Waals surface area (Å²) in [6.07, 6.45) is 5.13. The molecule has 1 aromatic heterocycles. The van der Waals surface area contributed by atoms with Crippen molar-refractivity contribution in [3.63, 3.8) is 0 Å². The largest absolute Gasteiger partial charge is 0.387 e. The topological polar surface area (TPSA) is 47.2 Å². The van der Waals surface area contributed by atoms with Gasteiger partial charge >= 0.3 is 5.69 Å². The lowest BCUT2D eigenvalue weighted by molar-refractivity contribution is 0.153. The Hall–Kier alpha value is -1.81. The van der Waals surface area contributed by atoms with E-state index in [1.807, 2.05) is 20.0 Å². The first-order chi connectivity index (χ1) is 9.97. The third-order valence-electron chi connectivity index (χ3n) is 4.25. The Labute approximate surface area is 124 Å². The minimum atomic E-state index is -0.654. The van der Waals surface area contributed by atoms with E-state index in [-0.39, 0.29) is 5.69 Å². The second-order valence-electron chi connectivity index (χ2n) is 6.20. The molecule has 1 aliphatic rings. The molecule has 3 rings (SSSR count). The van der Waals surface area contributed by atoms with Crippen molar-refractivity contribution < 1.29 is 5.11 Å². The van der Waals surface area contributed by atoms with E-state index in [9.17, 15) is 9.90 Å². The third kappa shape index (κ3) is 2.68. The average Bonchev–Trinajstić information content (AvgIpc) is 3.15. The zero-order valence-electron chi connectivity index (χ0n) is 12.8. The molecule has 1 fully saturated rings. The van der Waals surface area contributed by atoms with E-state index in [2.05, 4.69) is 19.1 Å². The Kier molecular flexibility index (Phi) is 3.49. The van der Waals surface area contributed by atoms with E-state index in [1.165, 1.54) is 5.56 Å². The number of aromatic nitrogens is 2. The van der Waals surface area contributed by atoms with Gasteiger partial charge in [-0.3, -0.25) is 9.13 Å². The number of hydrogen-bond donors (Lipinski definition) is 1. The van der Waals surface area contributed by atoms with Gasteiger partial charge in [0.15, 0.2) is 0 Å². The number of hydrogen-bond acceptors (Lipinski definition) is 2. The highest BCUT2D eigenvalue weighted by Crippen LogP contribution is 2.33. The number of nitrogens with zero attached hydrogens (tertiary/aromatic N) is 2. The predicted molar refractivity (Wildman–Crippen MR) is 82.6 cm³/mol.